The van der Waals surface area contributed by atoms with E-state index in [9.17, 15) is 14.9 Å². The van der Waals surface area contributed by atoms with E-state index in [0.717, 1.165) is 11.9 Å². The highest BCUT2D eigenvalue weighted by Gasteiger charge is 2.17. The first kappa shape index (κ1) is 18.6. The molecule has 0 saturated carbocycles. The molecule has 0 fully saturated rings. The van der Waals surface area contributed by atoms with Crippen LogP contribution in [-0.2, 0) is 0 Å². The number of hydrazone groups is 1. The number of benzene rings is 2. The Balaban J connectivity index is 1.76. The molecule has 1 heterocycles. The number of H-pyrrole nitrogens is 1. The fourth-order valence-corrected chi connectivity index (χ4v) is 2.62. The number of hydrogen-bond acceptors (Lipinski definition) is 6. The molecule has 4 N–H and O–H groups in total. The number of aromatic nitrogens is 1. The lowest BCUT2D eigenvalue weighted by molar-refractivity contribution is -0.383. The van der Waals surface area contributed by atoms with Crippen LogP contribution < -0.4 is 10.7 Å². The van der Waals surface area contributed by atoms with Crippen LogP contribution in [-0.4, -0.2) is 33.1 Å². The van der Waals surface area contributed by atoms with Crippen molar-refractivity contribution < 1.29 is 14.9 Å². The number of anilines is 1. The van der Waals surface area contributed by atoms with E-state index in [2.05, 4.69) is 26.0 Å². The molecule has 28 heavy (non-hydrogen) atoms. The molecule has 10 nitrogen and oxygen atoms in total. The summed E-state index contributed by atoms with van der Waals surface area (Å²) in [5.74, 6) is -0.413. The van der Waals surface area contributed by atoms with Gasteiger partial charge in [0, 0.05) is 17.1 Å². The molecule has 0 bridgehead atoms. The van der Waals surface area contributed by atoms with Crippen LogP contribution in [0.5, 0.6) is 0 Å². The van der Waals surface area contributed by atoms with Crippen LogP contribution in [0.4, 0.5) is 11.4 Å². The number of hydrogen-bond donors (Lipinski definition) is 4. The third-order valence-electron chi connectivity index (χ3n) is 3.98. The molecule has 0 aliphatic rings. The van der Waals surface area contributed by atoms with Gasteiger partial charge in [0.05, 0.1) is 10.6 Å². The van der Waals surface area contributed by atoms with E-state index in [4.69, 9.17) is 5.21 Å². The van der Waals surface area contributed by atoms with Gasteiger partial charge in [-0.15, -0.1) is 0 Å². The average Bonchev–Trinajstić information content (AvgIpc) is 3.13. The van der Waals surface area contributed by atoms with Crippen LogP contribution in [0.1, 0.15) is 23.0 Å². The second-order valence-electron chi connectivity index (χ2n) is 5.78. The number of carbonyl (C=O) groups excluding carboxylic acids is 1. The van der Waals surface area contributed by atoms with E-state index in [-0.39, 0.29) is 11.4 Å². The molecule has 0 aliphatic carbocycles. The normalized spacial score (nSPS) is 11.7. The monoisotopic (exact) mass is 380 g/mol. The van der Waals surface area contributed by atoms with Gasteiger partial charge in [0.2, 0.25) is 0 Å². The number of carbonyl (C=O) groups is 1. The van der Waals surface area contributed by atoms with Crippen LogP contribution in [0.25, 0.3) is 10.9 Å². The van der Waals surface area contributed by atoms with Crippen molar-refractivity contribution in [3.8, 4) is 0 Å². The standard InChI is InChI=1S/C18H16N6O4/c1-11(23-19-10-20-26)12-5-7-14(8-6-12)21-18(25)15-9-13-3-2-4-16(24(27)28)17(13)22-15/h2-10,22,26H,1H3,(H,19,20)(H,21,25)/b23-11+. The Hall–Kier alpha value is -4.21. The zero-order chi connectivity index (χ0) is 20.1. The van der Waals surface area contributed by atoms with E-state index in [1.807, 2.05) is 0 Å². The molecule has 0 aliphatic heterocycles. The van der Waals surface area contributed by atoms with Gasteiger partial charge in [-0.05, 0) is 30.7 Å². The number of nitro groups is 1. The van der Waals surface area contributed by atoms with Crippen molar-refractivity contribution >= 4 is 40.2 Å². The highest BCUT2D eigenvalue weighted by atomic mass is 16.6. The summed E-state index contributed by atoms with van der Waals surface area (Å²) in [6, 6.07) is 13.2. The number of amides is 1. The summed E-state index contributed by atoms with van der Waals surface area (Å²) in [7, 11) is 0. The lowest BCUT2D eigenvalue weighted by Gasteiger charge is -2.05. The van der Waals surface area contributed by atoms with Gasteiger partial charge >= 0.3 is 0 Å². The van der Waals surface area contributed by atoms with Gasteiger partial charge in [-0.2, -0.15) is 5.10 Å². The molecule has 0 saturated heterocycles. The number of aromatic amines is 1. The van der Waals surface area contributed by atoms with Crippen LogP contribution in [0.3, 0.4) is 0 Å². The lowest BCUT2D eigenvalue weighted by Crippen LogP contribution is -2.12. The summed E-state index contributed by atoms with van der Waals surface area (Å²) in [5, 5.41) is 29.5. The minimum absolute atomic E-state index is 0.0875. The van der Waals surface area contributed by atoms with Crippen molar-refractivity contribution in [2.75, 3.05) is 5.32 Å². The first-order valence-corrected chi connectivity index (χ1v) is 8.13. The Labute approximate surface area is 158 Å². The number of nitrogens with one attached hydrogen (secondary N) is 3. The van der Waals surface area contributed by atoms with Gasteiger partial charge in [-0.1, -0.05) is 29.4 Å². The molecular formula is C18H16N6O4. The van der Waals surface area contributed by atoms with E-state index >= 15 is 0 Å². The topological polar surface area (TPSA) is 145 Å². The highest BCUT2D eigenvalue weighted by Crippen LogP contribution is 2.25. The van der Waals surface area contributed by atoms with E-state index < -0.39 is 10.8 Å². The molecule has 10 heteroatoms. The molecule has 0 spiro atoms. The maximum Gasteiger partial charge on any atom is 0.293 e. The molecule has 3 rings (SSSR count). The Morgan fingerprint density at radius 1 is 1.25 bits per heavy atom. The van der Waals surface area contributed by atoms with Crippen molar-refractivity contribution in [3.05, 3.63) is 69.9 Å². The lowest BCUT2D eigenvalue weighted by atomic mass is 10.1. The van der Waals surface area contributed by atoms with Crippen LogP contribution in [0.15, 0.2) is 58.8 Å². The molecule has 142 valence electrons. The zero-order valence-corrected chi connectivity index (χ0v) is 14.7. The summed E-state index contributed by atoms with van der Waals surface area (Å²) in [5.41, 5.74) is 4.90. The second-order valence-corrected chi connectivity index (χ2v) is 5.78. The number of fused-ring (bicyclic) bond motifs is 1. The van der Waals surface area contributed by atoms with Crippen molar-refractivity contribution in [1.82, 2.24) is 10.4 Å². The number of nitro benzene ring substituents is 1. The van der Waals surface area contributed by atoms with Gasteiger partial charge in [0.15, 0.2) is 0 Å². The number of oxime groups is 1. The summed E-state index contributed by atoms with van der Waals surface area (Å²) in [4.78, 5) is 25.9. The van der Waals surface area contributed by atoms with Crippen molar-refractivity contribution in [2.24, 2.45) is 10.3 Å². The van der Waals surface area contributed by atoms with Crippen LogP contribution in [0, 0.1) is 10.1 Å². The summed E-state index contributed by atoms with van der Waals surface area (Å²) in [6.45, 7) is 1.77. The minimum atomic E-state index is -0.496. The molecule has 0 unspecified atom stereocenters. The van der Waals surface area contributed by atoms with Gasteiger partial charge in [0.1, 0.15) is 17.5 Å². The smallest absolute Gasteiger partial charge is 0.293 e. The summed E-state index contributed by atoms with van der Waals surface area (Å²) in [6.07, 6.45) is 1.03. The fraction of sp³-hybridized carbons (Fsp3) is 0.0556. The van der Waals surface area contributed by atoms with Crippen molar-refractivity contribution in [3.63, 3.8) is 0 Å². The molecule has 0 radical (unpaired) electrons. The zero-order valence-electron chi connectivity index (χ0n) is 14.7. The largest absolute Gasteiger partial charge is 0.410 e. The maximum atomic E-state index is 12.5. The van der Waals surface area contributed by atoms with Crippen molar-refractivity contribution in [2.45, 2.75) is 6.92 Å². The predicted octanol–water partition coefficient (Wildman–Crippen LogP) is 3.06. The Kier molecular flexibility index (Phi) is 5.30. The van der Waals surface area contributed by atoms with Crippen molar-refractivity contribution in [1.29, 1.82) is 0 Å². The Morgan fingerprint density at radius 3 is 2.68 bits per heavy atom. The number of rotatable bonds is 6. The van der Waals surface area contributed by atoms with Gasteiger partial charge in [-0.3, -0.25) is 20.3 Å². The summed E-state index contributed by atoms with van der Waals surface area (Å²) < 4.78 is 0. The SMILES string of the molecule is C/C(=N\NC=NO)c1ccc(NC(=O)c2cc3cccc([N+](=O)[O-])c3[nH]2)cc1. The molecule has 1 aromatic heterocycles. The van der Waals surface area contributed by atoms with E-state index in [0.29, 0.717) is 22.3 Å². The molecule has 3 aromatic rings. The minimum Gasteiger partial charge on any atom is -0.410 e. The van der Waals surface area contributed by atoms with Crippen LogP contribution >= 0.6 is 0 Å². The Morgan fingerprint density at radius 2 is 2.00 bits per heavy atom. The number of non-ortho nitro benzene ring substituents is 1. The third-order valence-corrected chi connectivity index (χ3v) is 3.98. The van der Waals surface area contributed by atoms with Crippen LogP contribution in [0.2, 0.25) is 0 Å². The molecule has 2 aromatic carbocycles. The number of nitrogens with zero attached hydrogens (tertiary/aromatic N) is 3. The maximum absolute atomic E-state index is 12.5. The van der Waals surface area contributed by atoms with Gasteiger partial charge < -0.3 is 15.5 Å². The average molecular weight is 380 g/mol. The molecular weight excluding hydrogens is 364 g/mol. The number of para-hydroxylation sites is 1. The first-order valence-electron chi connectivity index (χ1n) is 8.13. The third kappa shape index (κ3) is 3.96. The predicted molar refractivity (Wildman–Crippen MR) is 105 cm³/mol. The quantitative estimate of drug-likeness (QED) is 0.171. The molecule has 1 amide bonds. The molecule has 0 atom stereocenters. The summed E-state index contributed by atoms with van der Waals surface area (Å²) >= 11 is 0. The first-order chi connectivity index (χ1) is 13.5. The fourth-order valence-electron chi connectivity index (χ4n) is 2.62. The Bertz CT molecular complexity index is 1090. The van der Waals surface area contributed by atoms with Gasteiger partial charge in [0.25, 0.3) is 11.6 Å². The van der Waals surface area contributed by atoms with Gasteiger partial charge in [-0.25, -0.2) is 0 Å². The van der Waals surface area contributed by atoms with E-state index in [1.54, 1.807) is 49.4 Å². The highest BCUT2D eigenvalue weighted by molar-refractivity contribution is 6.07. The second kappa shape index (κ2) is 7.99. The van der Waals surface area contributed by atoms with E-state index in [1.165, 1.54) is 6.07 Å².